The van der Waals surface area contributed by atoms with Crippen molar-refractivity contribution in [2.24, 2.45) is 17.8 Å². The average molecular weight is 366 g/mol. The monoisotopic (exact) mass is 366 g/mol. The van der Waals surface area contributed by atoms with Crippen molar-refractivity contribution in [3.63, 3.8) is 0 Å². The third kappa shape index (κ3) is 6.32. The number of carbonyl (C=O) groups is 2. The van der Waals surface area contributed by atoms with Crippen molar-refractivity contribution in [2.45, 2.75) is 46.1 Å². The van der Waals surface area contributed by atoms with Crippen molar-refractivity contribution in [3.05, 3.63) is 30.1 Å². The Kier molecular flexibility index (Phi) is 7.42. The molecule has 1 aromatic carbocycles. The van der Waals surface area contributed by atoms with Crippen molar-refractivity contribution in [3.8, 4) is 5.75 Å². The van der Waals surface area contributed by atoms with Crippen LogP contribution in [0.1, 0.15) is 40.0 Å². The van der Waals surface area contributed by atoms with E-state index in [2.05, 4.69) is 20.8 Å². The van der Waals surface area contributed by atoms with E-state index in [1.807, 2.05) is 0 Å². The molecule has 0 amide bonds. The van der Waals surface area contributed by atoms with Crippen LogP contribution in [0.25, 0.3) is 0 Å². The molecule has 0 bridgehead atoms. The van der Waals surface area contributed by atoms with Crippen LogP contribution in [-0.4, -0.2) is 31.3 Å². The molecule has 1 saturated carbocycles. The van der Waals surface area contributed by atoms with E-state index in [9.17, 15) is 14.0 Å². The summed E-state index contributed by atoms with van der Waals surface area (Å²) in [6.45, 7) is 5.57. The maximum atomic E-state index is 13.0. The van der Waals surface area contributed by atoms with Gasteiger partial charge in [-0.3, -0.25) is 0 Å². The molecule has 0 aromatic heterocycles. The van der Waals surface area contributed by atoms with Crippen LogP contribution < -0.4 is 4.74 Å². The van der Waals surface area contributed by atoms with E-state index >= 15 is 0 Å². The lowest BCUT2D eigenvalue weighted by Gasteiger charge is -2.36. The van der Waals surface area contributed by atoms with Crippen molar-refractivity contribution < 1.29 is 28.2 Å². The lowest BCUT2D eigenvalue weighted by molar-refractivity contribution is -0.167. The first-order valence-electron chi connectivity index (χ1n) is 9.08. The number of carbonyl (C=O) groups excluding carboxylic acids is 2. The molecule has 0 spiro atoms. The van der Waals surface area contributed by atoms with E-state index < -0.39 is 31.0 Å². The third-order valence-electron chi connectivity index (χ3n) is 4.75. The summed E-state index contributed by atoms with van der Waals surface area (Å²) < 4.78 is 28.6. The standard InChI is InChI=1S/C20H27FO5/c1-13(2)17-8-7-14(3)9-18(17)26-20(23)12-25-19(22)11-24-16-6-4-5-15(21)10-16/h4-6,10,13-14,17-18H,7-9,11-12H2,1-3H3/t14-,17+,18-/m1/s1. The Balaban J connectivity index is 1.74. The topological polar surface area (TPSA) is 61.8 Å². The molecule has 0 aliphatic heterocycles. The normalized spacial score (nSPS) is 22.7. The Hall–Kier alpha value is -2.11. The molecule has 0 heterocycles. The van der Waals surface area contributed by atoms with Gasteiger partial charge in [-0.25, -0.2) is 14.0 Å². The Morgan fingerprint density at radius 2 is 1.96 bits per heavy atom. The lowest BCUT2D eigenvalue weighted by atomic mass is 9.75. The second-order valence-corrected chi connectivity index (χ2v) is 7.26. The molecular weight excluding hydrogens is 339 g/mol. The number of ether oxygens (including phenoxy) is 3. The molecule has 2 rings (SSSR count). The van der Waals surface area contributed by atoms with Gasteiger partial charge in [0.2, 0.25) is 0 Å². The largest absolute Gasteiger partial charge is 0.482 e. The summed E-state index contributed by atoms with van der Waals surface area (Å²) in [6.07, 6.45) is 2.89. The van der Waals surface area contributed by atoms with E-state index in [1.54, 1.807) is 0 Å². The highest BCUT2D eigenvalue weighted by atomic mass is 19.1. The van der Waals surface area contributed by atoms with Gasteiger partial charge in [-0.05, 0) is 42.7 Å². The number of hydrogen-bond donors (Lipinski definition) is 0. The zero-order valence-corrected chi connectivity index (χ0v) is 15.6. The minimum atomic E-state index is -0.705. The van der Waals surface area contributed by atoms with Gasteiger partial charge in [0, 0.05) is 6.07 Å². The van der Waals surface area contributed by atoms with E-state index in [0.29, 0.717) is 17.8 Å². The first kappa shape index (κ1) is 20.2. The maximum absolute atomic E-state index is 13.0. The molecule has 3 atom stereocenters. The van der Waals surface area contributed by atoms with Crippen LogP contribution in [0, 0.1) is 23.6 Å². The quantitative estimate of drug-likeness (QED) is 0.688. The molecule has 5 nitrogen and oxygen atoms in total. The Morgan fingerprint density at radius 1 is 1.19 bits per heavy atom. The zero-order valence-electron chi connectivity index (χ0n) is 15.6. The third-order valence-corrected chi connectivity index (χ3v) is 4.75. The van der Waals surface area contributed by atoms with Crippen molar-refractivity contribution in [1.82, 2.24) is 0 Å². The minimum Gasteiger partial charge on any atom is -0.482 e. The Morgan fingerprint density at radius 3 is 2.65 bits per heavy atom. The van der Waals surface area contributed by atoms with Crippen molar-refractivity contribution in [1.29, 1.82) is 0 Å². The van der Waals surface area contributed by atoms with Gasteiger partial charge in [-0.1, -0.05) is 33.3 Å². The highest BCUT2D eigenvalue weighted by Gasteiger charge is 2.33. The fourth-order valence-electron chi connectivity index (χ4n) is 3.33. The van der Waals surface area contributed by atoms with Crippen LogP contribution in [0.2, 0.25) is 0 Å². The smallest absolute Gasteiger partial charge is 0.344 e. The zero-order chi connectivity index (χ0) is 19.1. The molecule has 1 aromatic rings. The number of esters is 2. The summed E-state index contributed by atoms with van der Waals surface area (Å²) in [4.78, 5) is 23.7. The van der Waals surface area contributed by atoms with E-state index in [4.69, 9.17) is 14.2 Å². The summed E-state index contributed by atoms with van der Waals surface area (Å²) in [6, 6.07) is 5.44. The predicted molar refractivity (Wildman–Crippen MR) is 94.1 cm³/mol. The van der Waals surface area contributed by atoms with Gasteiger partial charge >= 0.3 is 11.9 Å². The molecule has 0 unspecified atom stereocenters. The summed E-state index contributed by atoms with van der Waals surface area (Å²) in [7, 11) is 0. The van der Waals surface area contributed by atoms with Crippen LogP contribution in [0.5, 0.6) is 5.75 Å². The summed E-state index contributed by atoms with van der Waals surface area (Å²) in [5, 5.41) is 0. The number of benzene rings is 1. The molecule has 0 radical (unpaired) electrons. The van der Waals surface area contributed by atoms with Crippen molar-refractivity contribution >= 4 is 11.9 Å². The average Bonchev–Trinajstić information content (AvgIpc) is 2.58. The summed E-state index contributed by atoms with van der Waals surface area (Å²) in [5.41, 5.74) is 0. The van der Waals surface area contributed by atoms with Gasteiger partial charge in [0.1, 0.15) is 17.7 Å². The van der Waals surface area contributed by atoms with E-state index in [0.717, 1.165) is 25.3 Å². The van der Waals surface area contributed by atoms with Gasteiger partial charge in [-0.2, -0.15) is 0 Å². The first-order valence-corrected chi connectivity index (χ1v) is 9.08. The molecule has 1 aliphatic carbocycles. The van der Waals surface area contributed by atoms with Crippen LogP contribution in [0.4, 0.5) is 4.39 Å². The van der Waals surface area contributed by atoms with Crippen LogP contribution in [0.3, 0.4) is 0 Å². The minimum absolute atomic E-state index is 0.131. The second kappa shape index (κ2) is 9.55. The maximum Gasteiger partial charge on any atom is 0.344 e. The van der Waals surface area contributed by atoms with E-state index in [-0.39, 0.29) is 11.9 Å². The molecule has 6 heteroatoms. The van der Waals surface area contributed by atoms with Gasteiger partial charge < -0.3 is 14.2 Å². The lowest BCUT2D eigenvalue weighted by Crippen LogP contribution is -2.37. The molecule has 1 fully saturated rings. The highest BCUT2D eigenvalue weighted by Crippen LogP contribution is 2.35. The summed E-state index contributed by atoms with van der Waals surface area (Å²) >= 11 is 0. The van der Waals surface area contributed by atoms with E-state index in [1.165, 1.54) is 18.2 Å². The molecule has 0 saturated heterocycles. The van der Waals surface area contributed by atoms with Gasteiger partial charge in [0.25, 0.3) is 0 Å². The molecule has 1 aliphatic rings. The summed E-state index contributed by atoms with van der Waals surface area (Å²) in [5.74, 6) is -0.200. The fraction of sp³-hybridized carbons (Fsp3) is 0.600. The van der Waals surface area contributed by atoms with Gasteiger partial charge in [0.05, 0.1) is 0 Å². The molecular formula is C20H27FO5. The highest BCUT2D eigenvalue weighted by molar-refractivity contribution is 5.77. The molecule has 0 N–H and O–H groups in total. The van der Waals surface area contributed by atoms with Gasteiger partial charge in [-0.15, -0.1) is 0 Å². The molecule has 144 valence electrons. The SMILES string of the molecule is CC(C)[C@@H]1CC[C@@H](C)C[C@H]1OC(=O)COC(=O)COc1cccc(F)c1. The van der Waals surface area contributed by atoms with Crippen molar-refractivity contribution in [2.75, 3.05) is 13.2 Å². The Bertz CT molecular complexity index is 616. The van der Waals surface area contributed by atoms with Crippen LogP contribution >= 0.6 is 0 Å². The number of halogens is 1. The number of hydrogen-bond acceptors (Lipinski definition) is 5. The second-order valence-electron chi connectivity index (χ2n) is 7.26. The number of rotatable bonds is 7. The Labute approximate surface area is 153 Å². The first-order chi connectivity index (χ1) is 12.3. The van der Waals surface area contributed by atoms with Crippen LogP contribution in [-0.2, 0) is 19.1 Å². The fourth-order valence-corrected chi connectivity index (χ4v) is 3.33. The van der Waals surface area contributed by atoms with Gasteiger partial charge in [0.15, 0.2) is 13.2 Å². The van der Waals surface area contributed by atoms with Crippen LogP contribution in [0.15, 0.2) is 24.3 Å². The molecule has 26 heavy (non-hydrogen) atoms. The predicted octanol–water partition coefficient (Wildman–Crippen LogP) is 3.75.